The maximum atomic E-state index is 11.7. The lowest BCUT2D eigenvalue weighted by atomic mass is 10.2. The normalized spacial score (nSPS) is 9.48. The zero-order chi connectivity index (χ0) is 16.5. The monoisotopic (exact) mass is 328 g/mol. The number of hydrogen-bond acceptors (Lipinski definition) is 2. The average molecular weight is 329 g/mol. The summed E-state index contributed by atoms with van der Waals surface area (Å²) in [5.74, 6) is 6.23. The fourth-order valence-electron chi connectivity index (χ4n) is 1.79. The topological polar surface area (TPSA) is 50.4 Å². The molecule has 0 aliphatic rings. The van der Waals surface area contributed by atoms with Gasteiger partial charge in [-0.1, -0.05) is 53.8 Å². The van der Waals surface area contributed by atoms with Crippen molar-refractivity contribution in [2.24, 2.45) is 0 Å². The van der Waals surface area contributed by atoms with Crippen LogP contribution in [0.2, 0.25) is 5.02 Å². The van der Waals surface area contributed by atoms with Gasteiger partial charge in [-0.25, -0.2) is 4.79 Å². The molecule has 0 fully saturated rings. The molecule has 0 aliphatic heterocycles. The van der Waals surface area contributed by atoms with Crippen molar-refractivity contribution in [3.63, 3.8) is 0 Å². The van der Waals surface area contributed by atoms with E-state index in [1.54, 1.807) is 12.1 Å². The Morgan fingerprint density at radius 2 is 1.87 bits per heavy atom. The Kier molecular flexibility index (Phi) is 6.34. The molecule has 2 N–H and O–H groups in total. The molecule has 2 aromatic rings. The molecule has 118 valence electrons. The highest BCUT2D eigenvalue weighted by molar-refractivity contribution is 6.32. The molecule has 0 saturated carbocycles. The van der Waals surface area contributed by atoms with Gasteiger partial charge in [0.15, 0.2) is 0 Å². The summed E-state index contributed by atoms with van der Waals surface area (Å²) in [6.07, 6.45) is 0. The molecule has 0 unspecified atom stereocenters. The molecule has 0 heterocycles. The number of urea groups is 1. The number of nitrogens with one attached hydrogen (secondary N) is 2. The van der Waals surface area contributed by atoms with E-state index in [9.17, 15) is 4.79 Å². The molecule has 2 rings (SSSR count). The van der Waals surface area contributed by atoms with Crippen molar-refractivity contribution in [3.05, 3.63) is 59.1 Å². The Labute approximate surface area is 140 Å². The number of anilines is 1. The number of ether oxygens (including phenoxy) is 1. The number of carbonyl (C=O) groups is 1. The van der Waals surface area contributed by atoms with Crippen LogP contribution in [0.5, 0.6) is 5.75 Å². The van der Waals surface area contributed by atoms with E-state index in [-0.39, 0.29) is 19.2 Å². The molecule has 0 saturated heterocycles. The molecule has 0 bridgehead atoms. The minimum atomic E-state index is -0.291. The fourth-order valence-corrected chi connectivity index (χ4v) is 1.98. The molecule has 5 heteroatoms. The lowest BCUT2D eigenvalue weighted by Crippen LogP contribution is -2.29. The van der Waals surface area contributed by atoms with Crippen molar-refractivity contribution < 1.29 is 9.53 Å². The minimum absolute atomic E-state index is 0.213. The number of rotatable bonds is 4. The van der Waals surface area contributed by atoms with Crippen LogP contribution in [0.3, 0.4) is 0 Å². The minimum Gasteiger partial charge on any atom is -0.479 e. The van der Waals surface area contributed by atoms with Gasteiger partial charge in [0.1, 0.15) is 12.4 Å². The van der Waals surface area contributed by atoms with Gasteiger partial charge in [0.2, 0.25) is 0 Å². The van der Waals surface area contributed by atoms with Crippen LogP contribution in [0.25, 0.3) is 0 Å². The van der Waals surface area contributed by atoms with Crippen molar-refractivity contribution in [3.8, 4) is 17.6 Å². The van der Waals surface area contributed by atoms with Crippen LogP contribution in [0.1, 0.15) is 5.56 Å². The van der Waals surface area contributed by atoms with E-state index >= 15 is 0 Å². The number of halogens is 1. The molecule has 0 aliphatic carbocycles. The molecule has 4 nitrogen and oxygen atoms in total. The Morgan fingerprint density at radius 1 is 1.13 bits per heavy atom. The highest BCUT2D eigenvalue weighted by atomic mass is 35.5. The second-order valence-corrected chi connectivity index (χ2v) is 5.10. The van der Waals surface area contributed by atoms with E-state index in [0.717, 1.165) is 11.3 Å². The van der Waals surface area contributed by atoms with Gasteiger partial charge in [0, 0.05) is 5.69 Å². The van der Waals surface area contributed by atoms with Gasteiger partial charge in [-0.15, -0.1) is 0 Å². The Morgan fingerprint density at radius 3 is 2.65 bits per heavy atom. The predicted molar refractivity (Wildman–Crippen MR) is 92.9 cm³/mol. The summed E-state index contributed by atoms with van der Waals surface area (Å²) in [6, 6.07) is 14.5. The summed E-state index contributed by atoms with van der Waals surface area (Å²) in [7, 11) is 0. The quantitative estimate of drug-likeness (QED) is 0.837. The molecule has 0 aromatic heterocycles. The van der Waals surface area contributed by atoms with E-state index in [2.05, 4.69) is 22.5 Å². The highest BCUT2D eigenvalue weighted by Crippen LogP contribution is 2.22. The summed E-state index contributed by atoms with van der Waals surface area (Å²) in [4.78, 5) is 11.7. The van der Waals surface area contributed by atoms with Crippen LogP contribution >= 0.6 is 11.6 Å². The number of carbonyl (C=O) groups excluding carboxylic acids is 1. The summed E-state index contributed by atoms with van der Waals surface area (Å²) >= 11 is 5.96. The standard InChI is InChI=1S/C18H17ClN2O2/c1-14-8-2-4-10-16(14)21-18(22)20-12-6-7-13-23-17-11-5-3-9-15(17)19/h2-5,8-11H,12-13H2,1H3,(H2,20,21,22). The fraction of sp³-hybridized carbons (Fsp3) is 0.167. The lowest BCUT2D eigenvalue weighted by molar-refractivity contribution is 0.253. The SMILES string of the molecule is Cc1ccccc1NC(=O)NCC#CCOc1ccccc1Cl. The molecule has 0 spiro atoms. The molecular weight excluding hydrogens is 312 g/mol. The number of hydrogen-bond donors (Lipinski definition) is 2. The third-order valence-electron chi connectivity index (χ3n) is 2.99. The first kappa shape index (κ1) is 16.7. The van der Waals surface area contributed by atoms with Gasteiger partial charge in [0.05, 0.1) is 11.6 Å². The number of amides is 2. The van der Waals surface area contributed by atoms with Gasteiger partial charge >= 0.3 is 6.03 Å². The first-order chi connectivity index (χ1) is 11.2. The van der Waals surface area contributed by atoms with Crippen LogP contribution in [0.4, 0.5) is 10.5 Å². The van der Waals surface area contributed by atoms with Crippen molar-refractivity contribution in [1.82, 2.24) is 5.32 Å². The smallest absolute Gasteiger partial charge is 0.320 e. The summed E-state index contributed by atoms with van der Waals surface area (Å²) in [6.45, 7) is 2.38. The van der Waals surface area contributed by atoms with Crippen LogP contribution < -0.4 is 15.4 Å². The molecular formula is C18H17ClN2O2. The maximum absolute atomic E-state index is 11.7. The Balaban J connectivity index is 1.70. The van der Waals surface area contributed by atoms with Crippen molar-refractivity contribution in [2.75, 3.05) is 18.5 Å². The summed E-state index contributed by atoms with van der Waals surface area (Å²) in [5.41, 5.74) is 1.78. The first-order valence-corrected chi connectivity index (χ1v) is 7.48. The summed E-state index contributed by atoms with van der Waals surface area (Å²) < 4.78 is 5.42. The van der Waals surface area contributed by atoms with E-state index in [0.29, 0.717) is 10.8 Å². The highest BCUT2D eigenvalue weighted by Gasteiger charge is 2.01. The van der Waals surface area contributed by atoms with E-state index in [4.69, 9.17) is 16.3 Å². The molecule has 2 amide bonds. The average Bonchev–Trinajstić information content (AvgIpc) is 2.54. The zero-order valence-electron chi connectivity index (χ0n) is 12.7. The van der Waals surface area contributed by atoms with E-state index in [1.807, 2.05) is 43.3 Å². The summed E-state index contributed by atoms with van der Waals surface area (Å²) in [5, 5.41) is 5.98. The molecule has 0 atom stereocenters. The van der Waals surface area contributed by atoms with E-state index < -0.39 is 0 Å². The van der Waals surface area contributed by atoms with Crippen LogP contribution in [0, 0.1) is 18.8 Å². The number of para-hydroxylation sites is 2. The van der Waals surface area contributed by atoms with Crippen LogP contribution in [-0.4, -0.2) is 19.2 Å². The third-order valence-corrected chi connectivity index (χ3v) is 3.30. The van der Waals surface area contributed by atoms with Gasteiger partial charge in [-0.05, 0) is 30.7 Å². The second-order valence-electron chi connectivity index (χ2n) is 4.70. The number of benzene rings is 2. The van der Waals surface area contributed by atoms with Gasteiger partial charge < -0.3 is 15.4 Å². The Bertz CT molecular complexity index is 735. The molecule has 2 aromatic carbocycles. The molecule has 0 radical (unpaired) electrons. The van der Waals surface area contributed by atoms with Crippen LogP contribution in [0.15, 0.2) is 48.5 Å². The maximum Gasteiger partial charge on any atom is 0.320 e. The lowest BCUT2D eigenvalue weighted by Gasteiger charge is -2.07. The predicted octanol–water partition coefficient (Wildman–Crippen LogP) is 3.85. The van der Waals surface area contributed by atoms with Gasteiger partial charge in [-0.2, -0.15) is 0 Å². The third kappa shape index (κ3) is 5.57. The van der Waals surface area contributed by atoms with Crippen molar-refractivity contribution in [2.45, 2.75) is 6.92 Å². The first-order valence-electron chi connectivity index (χ1n) is 7.10. The van der Waals surface area contributed by atoms with Crippen LogP contribution in [-0.2, 0) is 0 Å². The molecule has 23 heavy (non-hydrogen) atoms. The second kappa shape index (κ2) is 8.72. The van der Waals surface area contributed by atoms with Crippen molar-refractivity contribution in [1.29, 1.82) is 0 Å². The largest absolute Gasteiger partial charge is 0.479 e. The van der Waals surface area contributed by atoms with Gasteiger partial charge in [-0.3, -0.25) is 0 Å². The zero-order valence-corrected chi connectivity index (χ0v) is 13.5. The van der Waals surface area contributed by atoms with Crippen molar-refractivity contribution >= 4 is 23.3 Å². The van der Waals surface area contributed by atoms with E-state index in [1.165, 1.54) is 0 Å². The Hall–Kier alpha value is -2.64. The number of aryl methyl sites for hydroxylation is 1. The van der Waals surface area contributed by atoms with Gasteiger partial charge in [0.25, 0.3) is 0 Å².